The molecule has 6 nitrogen and oxygen atoms in total. The molecule has 0 saturated heterocycles. The molecule has 0 aliphatic rings. The van der Waals surface area contributed by atoms with Crippen molar-refractivity contribution in [3.8, 4) is 0 Å². The highest BCUT2D eigenvalue weighted by Crippen LogP contribution is 2.15. The van der Waals surface area contributed by atoms with E-state index >= 15 is 0 Å². The van der Waals surface area contributed by atoms with Gasteiger partial charge in [0.2, 0.25) is 0 Å². The van der Waals surface area contributed by atoms with Gasteiger partial charge in [0, 0.05) is 0 Å². The highest BCUT2D eigenvalue weighted by Gasteiger charge is 2.41. The van der Waals surface area contributed by atoms with Gasteiger partial charge >= 0.3 is 24.0 Å². The summed E-state index contributed by atoms with van der Waals surface area (Å²) in [6, 6.07) is -1.88. The summed E-state index contributed by atoms with van der Waals surface area (Å²) in [4.78, 5) is 32.3. The van der Waals surface area contributed by atoms with Gasteiger partial charge in [-0.3, -0.25) is 9.59 Å². The highest BCUT2D eigenvalue weighted by atomic mass is 19.4. The molecule has 0 bridgehead atoms. The Morgan fingerprint density at radius 3 is 2.11 bits per heavy atom. The molecule has 0 spiro atoms. The van der Waals surface area contributed by atoms with Gasteiger partial charge in [-0.2, -0.15) is 13.2 Å². The fraction of sp³-hybridized carbons (Fsp3) is 0.667. The van der Waals surface area contributed by atoms with Gasteiger partial charge in [0.1, 0.15) is 6.04 Å². The summed E-state index contributed by atoms with van der Waals surface area (Å²) < 4.78 is 40.4. The summed E-state index contributed by atoms with van der Waals surface area (Å²) >= 11 is 0. The van der Waals surface area contributed by atoms with Gasteiger partial charge < -0.3 is 15.2 Å². The van der Waals surface area contributed by atoms with Crippen LogP contribution in [0.2, 0.25) is 0 Å². The van der Waals surface area contributed by atoms with Crippen LogP contribution in [0.5, 0.6) is 0 Å². The molecule has 0 fully saturated rings. The topological polar surface area (TPSA) is 92.7 Å². The van der Waals surface area contributed by atoms with Crippen molar-refractivity contribution in [1.29, 1.82) is 0 Å². The maximum Gasteiger partial charge on any atom is 0.471 e. The number of carboxylic acid groups (broad SMARTS) is 1. The van der Waals surface area contributed by atoms with Crippen molar-refractivity contribution >= 4 is 17.8 Å². The van der Waals surface area contributed by atoms with Crippen molar-refractivity contribution in [2.75, 3.05) is 0 Å². The molecule has 0 aromatic heterocycles. The number of amides is 1. The molecular formula is C9H12F3NO5. The number of halogens is 3. The molecule has 0 radical (unpaired) electrons. The molecule has 104 valence electrons. The van der Waals surface area contributed by atoms with Crippen LogP contribution in [-0.4, -0.2) is 41.3 Å². The highest BCUT2D eigenvalue weighted by molar-refractivity contribution is 5.89. The van der Waals surface area contributed by atoms with Gasteiger partial charge in [-0.1, -0.05) is 0 Å². The molecule has 0 aliphatic heterocycles. The molecule has 1 unspecified atom stereocenters. The number of rotatable bonds is 5. The Morgan fingerprint density at radius 2 is 1.78 bits per heavy atom. The van der Waals surface area contributed by atoms with E-state index in [1.807, 2.05) is 0 Å². The van der Waals surface area contributed by atoms with Crippen molar-refractivity contribution in [3.05, 3.63) is 0 Å². The number of aliphatic carboxylic acids is 1. The molecule has 1 amide bonds. The predicted molar refractivity (Wildman–Crippen MR) is 51.5 cm³/mol. The largest absolute Gasteiger partial charge is 0.481 e. The Bertz CT molecular complexity index is 340. The van der Waals surface area contributed by atoms with Crippen LogP contribution < -0.4 is 5.32 Å². The minimum absolute atomic E-state index is 0.642. The fourth-order valence-electron chi connectivity index (χ4n) is 0.922. The van der Waals surface area contributed by atoms with Crippen LogP contribution >= 0.6 is 0 Å². The molecule has 0 aromatic rings. The van der Waals surface area contributed by atoms with Crippen molar-refractivity contribution in [2.24, 2.45) is 0 Å². The average Bonchev–Trinajstić information content (AvgIpc) is 2.12. The molecular weight excluding hydrogens is 259 g/mol. The number of ether oxygens (including phenoxy) is 1. The molecule has 2 N–H and O–H groups in total. The van der Waals surface area contributed by atoms with E-state index in [0.717, 1.165) is 0 Å². The van der Waals surface area contributed by atoms with E-state index in [1.165, 1.54) is 19.2 Å². The molecule has 1 atom stereocenters. The first-order chi connectivity index (χ1) is 8.04. The lowest BCUT2D eigenvalue weighted by molar-refractivity contribution is -0.176. The number of carbonyl (C=O) groups excluding carboxylic acids is 2. The first kappa shape index (κ1) is 16.2. The van der Waals surface area contributed by atoms with Crippen LogP contribution in [0.25, 0.3) is 0 Å². The Kier molecular flexibility index (Phi) is 5.60. The van der Waals surface area contributed by atoms with Crippen molar-refractivity contribution in [2.45, 2.75) is 38.6 Å². The van der Waals surface area contributed by atoms with Crippen LogP contribution in [0.4, 0.5) is 13.2 Å². The third kappa shape index (κ3) is 6.06. The molecule has 0 rings (SSSR count). The number of hydrogen-bond donors (Lipinski definition) is 2. The SMILES string of the molecule is CC(C)OC(=O)C(CC(=O)O)NC(=O)C(F)(F)F. The van der Waals surface area contributed by atoms with E-state index < -0.39 is 42.6 Å². The zero-order chi connectivity index (χ0) is 14.5. The lowest BCUT2D eigenvalue weighted by Gasteiger charge is -2.18. The van der Waals surface area contributed by atoms with Crippen LogP contribution in [0.1, 0.15) is 20.3 Å². The summed E-state index contributed by atoms with van der Waals surface area (Å²) in [7, 11) is 0. The summed E-state index contributed by atoms with van der Waals surface area (Å²) in [5.41, 5.74) is 0. The first-order valence-corrected chi connectivity index (χ1v) is 4.84. The minimum Gasteiger partial charge on any atom is -0.481 e. The van der Waals surface area contributed by atoms with Crippen molar-refractivity contribution < 1.29 is 37.4 Å². The molecule has 0 aliphatic carbocycles. The zero-order valence-corrected chi connectivity index (χ0v) is 9.58. The van der Waals surface area contributed by atoms with Gasteiger partial charge in [0.15, 0.2) is 0 Å². The van der Waals surface area contributed by atoms with Gasteiger partial charge in [0.25, 0.3) is 0 Å². The quantitative estimate of drug-likeness (QED) is 0.709. The van der Waals surface area contributed by atoms with E-state index in [-0.39, 0.29) is 0 Å². The maximum atomic E-state index is 12.0. The number of hydrogen-bond acceptors (Lipinski definition) is 4. The Labute approximate surface area is 100 Å². The summed E-state index contributed by atoms with van der Waals surface area (Å²) in [6.07, 6.45) is -6.83. The number of nitrogens with one attached hydrogen (secondary N) is 1. The maximum absolute atomic E-state index is 12.0. The lowest BCUT2D eigenvalue weighted by Crippen LogP contribution is -2.48. The van der Waals surface area contributed by atoms with Crippen molar-refractivity contribution in [1.82, 2.24) is 5.32 Å². The predicted octanol–water partition coefficient (Wildman–Crippen LogP) is 0.460. The van der Waals surface area contributed by atoms with Crippen LogP contribution in [-0.2, 0) is 19.1 Å². The zero-order valence-electron chi connectivity index (χ0n) is 9.58. The number of esters is 1. The fourth-order valence-corrected chi connectivity index (χ4v) is 0.922. The smallest absolute Gasteiger partial charge is 0.471 e. The standard InChI is InChI=1S/C9H12F3NO5/c1-4(2)18-7(16)5(3-6(14)15)13-8(17)9(10,11)12/h4-5H,3H2,1-2H3,(H,13,17)(H,14,15). The molecule has 0 saturated carbocycles. The van der Waals surface area contributed by atoms with Gasteiger partial charge in [-0.05, 0) is 13.8 Å². The van der Waals surface area contributed by atoms with E-state index in [9.17, 15) is 27.6 Å². The molecule has 0 aromatic carbocycles. The van der Waals surface area contributed by atoms with Crippen LogP contribution in [0, 0.1) is 0 Å². The third-order valence-corrected chi connectivity index (χ3v) is 1.58. The third-order valence-electron chi connectivity index (χ3n) is 1.58. The number of carbonyl (C=O) groups is 3. The molecule has 9 heteroatoms. The lowest BCUT2D eigenvalue weighted by atomic mass is 10.2. The second-order valence-electron chi connectivity index (χ2n) is 3.61. The second-order valence-corrected chi connectivity index (χ2v) is 3.61. The van der Waals surface area contributed by atoms with Gasteiger partial charge in [-0.25, -0.2) is 4.79 Å². The number of alkyl halides is 3. The monoisotopic (exact) mass is 271 g/mol. The van der Waals surface area contributed by atoms with E-state index in [0.29, 0.717) is 0 Å². The second kappa shape index (κ2) is 6.22. The Balaban J connectivity index is 4.74. The summed E-state index contributed by atoms with van der Waals surface area (Å²) in [5.74, 6) is -5.16. The first-order valence-electron chi connectivity index (χ1n) is 4.84. The normalized spacial score (nSPS) is 13.0. The van der Waals surface area contributed by atoms with Crippen LogP contribution in [0.15, 0.2) is 0 Å². The van der Waals surface area contributed by atoms with Crippen LogP contribution in [0.3, 0.4) is 0 Å². The summed E-state index contributed by atoms with van der Waals surface area (Å²) in [6.45, 7) is 2.86. The van der Waals surface area contributed by atoms with Crippen molar-refractivity contribution in [3.63, 3.8) is 0 Å². The van der Waals surface area contributed by atoms with Gasteiger partial charge in [-0.15, -0.1) is 0 Å². The Hall–Kier alpha value is -1.80. The summed E-state index contributed by atoms with van der Waals surface area (Å²) in [5, 5.41) is 9.72. The van der Waals surface area contributed by atoms with E-state index in [4.69, 9.17) is 5.11 Å². The number of carboxylic acids is 1. The van der Waals surface area contributed by atoms with Gasteiger partial charge in [0.05, 0.1) is 12.5 Å². The average molecular weight is 271 g/mol. The molecule has 0 heterocycles. The molecule has 18 heavy (non-hydrogen) atoms. The Morgan fingerprint density at radius 1 is 1.28 bits per heavy atom. The minimum atomic E-state index is -5.20. The van der Waals surface area contributed by atoms with E-state index in [2.05, 4.69) is 4.74 Å². The van der Waals surface area contributed by atoms with E-state index in [1.54, 1.807) is 0 Å².